The van der Waals surface area contributed by atoms with E-state index in [1.807, 2.05) is 0 Å². The van der Waals surface area contributed by atoms with Crippen LogP contribution in [0.1, 0.15) is 6.92 Å². The summed E-state index contributed by atoms with van der Waals surface area (Å²) < 4.78 is 28.3. The molecule has 2 aliphatic rings. The zero-order chi connectivity index (χ0) is 31.3. The van der Waals surface area contributed by atoms with Crippen LogP contribution in [0.25, 0.3) is 22.3 Å². The van der Waals surface area contributed by atoms with Gasteiger partial charge in [0.05, 0.1) is 12.7 Å². The molecule has 2 aliphatic heterocycles. The van der Waals surface area contributed by atoms with Gasteiger partial charge in [0.1, 0.15) is 59.1 Å². The number of aliphatic hydroxyl groups excluding tert-OH is 6. The highest BCUT2D eigenvalue weighted by Crippen LogP contribution is 2.40. The molecule has 0 amide bonds. The van der Waals surface area contributed by atoms with Crippen LogP contribution in [0.4, 0.5) is 0 Å². The Morgan fingerprint density at radius 1 is 0.791 bits per heavy atom. The zero-order valence-electron chi connectivity index (χ0n) is 22.3. The van der Waals surface area contributed by atoms with Gasteiger partial charge in [-0.05, 0) is 25.1 Å². The van der Waals surface area contributed by atoms with E-state index in [2.05, 4.69) is 0 Å². The summed E-state index contributed by atoms with van der Waals surface area (Å²) >= 11 is 0. The summed E-state index contributed by atoms with van der Waals surface area (Å²) in [7, 11) is 0. The average molecular weight is 611 g/mol. The summed E-state index contributed by atoms with van der Waals surface area (Å²) in [5.74, 6) is -3.40. The van der Waals surface area contributed by atoms with Gasteiger partial charge in [-0.3, -0.25) is 4.79 Å². The molecule has 3 heterocycles. The first-order valence-corrected chi connectivity index (χ1v) is 13.0. The third kappa shape index (κ3) is 5.55. The van der Waals surface area contributed by atoms with E-state index in [-0.39, 0.29) is 11.1 Å². The topological polar surface area (TPSA) is 269 Å². The lowest BCUT2D eigenvalue weighted by Crippen LogP contribution is -2.64. The number of ether oxygens (including phenoxy) is 4. The first-order chi connectivity index (χ1) is 20.3. The fourth-order valence-electron chi connectivity index (χ4n) is 4.92. The second-order valence-corrected chi connectivity index (χ2v) is 10.2. The van der Waals surface area contributed by atoms with Crippen LogP contribution in [-0.2, 0) is 14.2 Å². The number of aliphatic hydroxyl groups is 6. The van der Waals surface area contributed by atoms with Crippen LogP contribution >= 0.6 is 0 Å². The maximum Gasteiger partial charge on any atom is 0.239 e. The number of aromatic hydroxyl groups is 4. The highest BCUT2D eigenvalue weighted by Gasteiger charge is 2.51. The van der Waals surface area contributed by atoms with Crippen LogP contribution < -0.4 is 10.2 Å². The molecule has 2 aromatic carbocycles. The number of hydrogen-bond acceptors (Lipinski definition) is 16. The van der Waals surface area contributed by atoms with E-state index in [9.17, 15) is 55.9 Å². The van der Waals surface area contributed by atoms with Crippen molar-refractivity contribution in [2.24, 2.45) is 0 Å². The molecule has 2 fully saturated rings. The summed E-state index contributed by atoms with van der Waals surface area (Å²) in [6.07, 6.45) is -16.7. The predicted molar refractivity (Wildman–Crippen MR) is 140 cm³/mol. The van der Waals surface area contributed by atoms with E-state index in [0.29, 0.717) is 0 Å². The Hall–Kier alpha value is -3.71. The maximum atomic E-state index is 13.7. The van der Waals surface area contributed by atoms with E-state index in [4.69, 9.17) is 23.4 Å². The lowest BCUT2D eigenvalue weighted by atomic mass is 9.97. The molecule has 5 rings (SSSR count). The van der Waals surface area contributed by atoms with Crippen LogP contribution in [0.15, 0.2) is 39.5 Å². The van der Waals surface area contributed by atoms with E-state index in [0.717, 1.165) is 24.3 Å². The Balaban J connectivity index is 1.62. The van der Waals surface area contributed by atoms with E-state index < -0.39 is 113 Å². The summed E-state index contributed by atoms with van der Waals surface area (Å²) in [5, 5.41) is 102. The van der Waals surface area contributed by atoms with Crippen molar-refractivity contribution in [2.45, 2.75) is 68.3 Å². The quantitative estimate of drug-likeness (QED) is 0.140. The van der Waals surface area contributed by atoms with Gasteiger partial charge in [0, 0.05) is 17.7 Å². The number of hydrogen-bond donors (Lipinski definition) is 10. The first-order valence-electron chi connectivity index (χ1n) is 13.0. The molecule has 0 bridgehead atoms. The first kappa shape index (κ1) is 30.7. The minimum absolute atomic E-state index is 0.0447. The molecule has 16 heteroatoms. The lowest BCUT2D eigenvalue weighted by Gasteiger charge is -2.45. The Kier molecular flexibility index (Phi) is 8.41. The van der Waals surface area contributed by atoms with Crippen LogP contribution in [0, 0.1) is 0 Å². The Bertz CT molecular complexity index is 1540. The molecule has 0 saturated carbocycles. The van der Waals surface area contributed by atoms with Gasteiger partial charge in [0.15, 0.2) is 29.7 Å². The normalized spacial score (nSPS) is 33.0. The van der Waals surface area contributed by atoms with Crippen LogP contribution in [0.5, 0.6) is 28.7 Å². The lowest BCUT2D eigenvalue weighted by molar-refractivity contribution is -0.354. The molecule has 2 saturated heterocycles. The van der Waals surface area contributed by atoms with Crippen molar-refractivity contribution in [1.82, 2.24) is 0 Å². The van der Waals surface area contributed by atoms with Crippen molar-refractivity contribution in [3.8, 4) is 40.1 Å². The highest BCUT2D eigenvalue weighted by molar-refractivity contribution is 5.88. The van der Waals surface area contributed by atoms with Gasteiger partial charge >= 0.3 is 0 Å². The van der Waals surface area contributed by atoms with Crippen LogP contribution in [0.2, 0.25) is 0 Å². The fraction of sp³-hybridized carbons (Fsp3) is 0.444. The second-order valence-electron chi connectivity index (χ2n) is 10.2. The molecular formula is C27H30O16. The van der Waals surface area contributed by atoms with E-state index in [1.165, 1.54) is 13.0 Å². The summed E-state index contributed by atoms with van der Waals surface area (Å²) in [5.41, 5.74) is -1.39. The fourth-order valence-corrected chi connectivity index (χ4v) is 4.92. The third-order valence-corrected chi connectivity index (χ3v) is 7.31. The summed E-state index contributed by atoms with van der Waals surface area (Å²) in [4.78, 5) is 13.7. The molecular weight excluding hydrogens is 580 g/mol. The van der Waals surface area contributed by atoms with Gasteiger partial charge in [0.25, 0.3) is 0 Å². The molecule has 1 aromatic heterocycles. The van der Waals surface area contributed by atoms with Gasteiger partial charge < -0.3 is 74.4 Å². The van der Waals surface area contributed by atoms with Crippen molar-refractivity contribution >= 4 is 11.0 Å². The maximum absolute atomic E-state index is 13.7. The predicted octanol–water partition coefficient (Wildman–Crippen LogP) is -1.69. The van der Waals surface area contributed by atoms with Gasteiger partial charge in [-0.25, -0.2) is 0 Å². The molecule has 1 unspecified atom stereocenters. The van der Waals surface area contributed by atoms with Crippen LogP contribution in [0.3, 0.4) is 0 Å². The number of phenols is 4. The number of fused-ring (bicyclic) bond motifs is 1. The van der Waals surface area contributed by atoms with Gasteiger partial charge in [-0.2, -0.15) is 0 Å². The summed E-state index contributed by atoms with van der Waals surface area (Å²) in [6.45, 7) is 0.541. The average Bonchev–Trinajstić information content (AvgIpc) is 2.96. The zero-order valence-corrected chi connectivity index (χ0v) is 22.3. The van der Waals surface area contributed by atoms with Crippen LogP contribution in [-0.4, -0.2) is 119 Å². The number of phenolic OH excluding ortho intramolecular Hbond substituents is 4. The molecule has 0 radical (unpaired) electrons. The van der Waals surface area contributed by atoms with Crippen molar-refractivity contribution in [3.63, 3.8) is 0 Å². The minimum Gasteiger partial charge on any atom is -0.508 e. The Morgan fingerprint density at radius 2 is 1.51 bits per heavy atom. The third-order valence-electron chi connectivity index (χ3n) is 7.31. The molecule has 43 heavy (non-hydrogen) atoms. The van der Waals surface area contributed by atoms with Gasteiger partial charge in [-0.1, -0.05) is 0 Å². The van der Waals surface area contributed by atoms with Crippen molar-refractivity contribution in [1.29, 1.82) is 0 Å². The van der Waals surface area contributed by atoms with E-state index in [1.54, 1.807) is 0 Å². The monoisotopic (exact) mass is 610 g/mol. The molecule has 3 aromatic rings. The molecule has 10 atom stereocenters. The number of benzene rings is 2. The smallest absolute Gasteiger partial charge is 0.239 e. The molecule has 16 nitrogen and oxygen atoms in total. The Labute approximate surface area is 241 Å². The largest absolute Gasteiger partial charge is 0.508 e. The number of rotatable bonds is 6. The highest BCUT2D eigenvalue weighted by atomic mass is 16.8. The Morgan fingerprint density at radius 3 is 2.19 bits per heavy atom. The molecule has 234 valence electrons. The summed E-state index contributed by atoms with van der Waals surface area (Å²) in [6, 6.07) is 5.21. The minimum atomic E-state index is -1.91. The molecule has 0 aliphatic carbocycles. The van der Waals surface area contributed by atoms with Gasteiger partial charge in [-0.15, -0.1) is 0 Å². The van der Waals surface area contributed by atoms with Crippen molar-refractivity contribution in [2.75, 3.05) is 6.61 Å². The molecule has 10 N–H and O–H groups in total. The second kappa shape index (κ2) is 11.8. The standard InChI is InChI=1S/C27H30O16/c1-8-17(33)20(36)22(38)26(39-8)43-25-21(37)18(34)15(7-28)41-27(25)42-24-19(35)16-13(32)5-10(29)6-14(16)40-23(24)9-2-3-11(30)12(31)4-9/h2-6,8,15,17-18,20-22,25-34,36-38H,7H2,1H3/t8-,15+,17-,18+,20+,21-,22?,25+,26-,27-/m0/s1. The molecule has 0 spiro atoms. The van der Waals surface area contributed by atoms with E-state index >= 15 is 0 Å². The van der Waals surface area contributed by atoms with Gasteiger partial charge in [0.2, 0.25) is 17.5 Å². The SMILES string of the molecule is C[C@@H]1O[C@@H](O[C@H]2[C@H](Oc3c(-c4ccc(O)c(O)c4)oc4cc(O)cc(O)c4c3=O)O[C@H](CO)[C@@H](O)[C@@H]2O)C(O)[C@H](O)[C@H]1O. The van der Waals surface area contributed by atoms with Crippen molar-refractivity contribution < 1.29 is 74.4 Å². The van der Waals surface area contributed by atoms with Crippen molar-refractivity contribution in [3.05, 3.63) is 40.6 Å².